The molecule has 1 saturated heterocycles. The number of aromatic nitrogens is 2. The second-order valence-electron chi connectivity index (χ2n) is 6.85. The summed E-state index contributed by atoms with van der Waals surface area (Å²) < 4.78 is 1.58. The van der Waals surface area contributed by atoms with Crippen molar-refractivity contribution in [3.8, 4) is 0 Å². The molecule has 3 aromatic rings. The molecule has 0 saturated carbocycles. The Morgan fingerprint density at radius 2 is 1.85 bits per heavy atom. The summed E-state index contributed by atoms with van der Waals surface area (Å²) in [5.74, 6) is -0.0167. The van der Waals surface area contributed by atoms with Crippen molar-refractivity contribution in [3.05, 3.63) is 70.8 Å². The monoisotopic (exact) mass is 362 g/mol. The fraction of sp³-hybridized carbons (Fsp3) is 0.286. The number of rotatable bonds is 3. The molecule has 1 aromatic carbocycles. The molecule has 3 heterocycles. The molecule has 4 rings (SSSR count). The number of nitrogens with zero attached hydrogens (tertiary/aromatic N) is 4. The van der Waals surface area contributed by atoms with E-state index >= 15 is 0 Å². The third kappa shape index (κ3) is 3.43. The number of para-hydroxylation sites is 1. The van der Waals surface area contributed by atoms with Gasteiger partial charge >= 0.3 is 0 Å². The van der Waals surface area contributed by atoms with Gasteiger partial charge in [0, 0.05) is 43.8 Å². The average Bonchev–Trinajstić information content (AvgIpc) is 2.72. The first-order chi connectivity index (χ1) is 13.1. The van der Waals surface area contributed by atoms with Gasteiger partial charge in [0.2, 0.25) is 5.91 Å². The van der Waals surface area contributed by atoms with E-state index in [4.69, 9.17) is 0 Å². The van der Waals surface area contributed by atoms with Crippen molar-refractivity contribution in [2.75, 3.05) is 31.1 Å². The predicted molar refractivity (Wildman–Crippen MR) is 106 cm³/mol. The lowest BCUT2D eigenvalue weighted by molar-refractivity contribution is -0.132. The van der Waals surface area contributed by atoms with Crippen LogP contribution in [0, 0.1) is 6.92 Å². The lowest BCUT2D eigenvalue weighted by atomic mass is 10.1. The van der Waals surface area contributed by atoms with E-state index < -0.39 is 0 Å². The van der Waals surface area contributed by atoms with Crippen LogP contribution in [0.1, 0.15) is 5.56 Å². The molecule has 1 aliphatic heterocycles. The molecule has 27 heavy (non-hydrogen) atoms. The van der Waals surface area contributed by atoms with Crippen LogP contribution >= 0.6 is 0 Å². The standard InChI is InChI=1S/C21H22N4O2/c1-16-13-20(26)25(19-7-3-2-6-18(16)19)15-21(27)24-11-9-23(10-12-24)17-5-4-8-22-14-17/h2-8,13-14H,9-12,15H2,1H3. The van der Waals surface area contributed by atoms with Gasteiger partial charge in [-0.2, -0.15) is 0 Å². The van der Waals surface area contributed by atoms with Gasteiger partial charge in [-0.25, -0.2) is 0 Å². The number of benzene rings is 1. The Labute approximate surface area is 157 Å². The molecule has 138 valence electrons. The highest BCUT2D eigenvalue weighted by Gasteiger charge is 2.22. The van der Waals surface area contributed by atoms with E-state index in [-0.39, 0.29) is 18.0 Å². The van der Waals surface area contributed by atoms with Gasteiger partial charge in [0.15, 0.2) is 0 Å². The molecule has 1 amide bonds. The number of hydrogen-bond donors (Lipinski definition) is 0. The molecule has 0 unspecified atom stereocenters. The van der Waals surface area contributed by atoms with Crippen molar-refractivity contribution in [1.29, 1.82) is 0 Å². The topological polar surface area (TPSA) is 58.4 Å². The first-order valence-electron chi connectivity index (χ1n) is 9.15. The van der Waals surface area contributed by atoms with Crippen molar-refractivity contribution in [3.63, 3.8) is 0 Å². The van der Waals surface area contributed by atoms with Crippen LogP contribution in [0.15, 0.2) is 59.7 Å². The number of piperazine rings is 1. The molecule has 0 bridgehead atoms. The van der Waals surface area contributed by atoms with E-state index in [9.17, 15) is 9.59 Å². The summed E-state index contributed by atoms with van der Waals surface area (Å²) in [6.07, 6.45) is 3.60. The van der Waals surface area contributed by atoms with E-state index in [1.165, 1.54) is 0 Å². The maximum Gasteiger partial charge on any atom is 0.251 e. The molecule has 0 radical (unpaired) electrons. The predicted octanol–water partition coefficient (Wildman–Crippen LogP) is 2.05. The van der Waals surface area contributed by atoms with Crippen LogP contribution in [0.3, 0.4) is 0 Å². The van der Waals surface area contributed by atoms with Gasteiger partial charge in [-0.3, -0.25) is 19.1 Å². The quantitative estimate of drug-likeness (QED) is 0.716. The third-order valence-corrected chi connectivity index (χ3v) is 5.16. The lowest BCUT2D eigenvalue weighted by Gasteiger charge is -2.36. The highest BCUT2D eigenvalue weighted by molar-refractivity contribution is 5.84. The lowest BCUT2D eigenvalue weighted by Crippen LogP contribution is -2.50. The summed E-state index contributed by atoms with van der Waals surface area (Å²) in [6.45, 7) is 4.82. The maximum absolute atomic E-state index is 12.8. The highest BCUT2D eigenvalue weighted by Crippen LogP contribution is 2.17. The van der Waals surface area contributed by atoms with Crippen molar-refractivity contribution < 1.29 is 4.79 Å². The van der Waals surface area contributed by atoms with E-state index in [1.54, 1.807) is 16.8 Å². The maximum atomic E-state index is 12.8. The Bertz CT molecular complexity index is 1020. The van der Waals surface area contributed by atoms with Gasteiger partial charge in [0.05, 0.1) is 17.4 Å². The van der Waals surface area contributed by atoms with E-state index in [0.29, 0.717) is 13.1 Å². The van der Waals surface area contributed by atoms with Gasteiger partial charge < -0.3 is 9.80 Å². The zero-order valence-corrected chi connectivity index (χ0v) is 15.3. The molecule has 0 N–H and O–H groups in total. The SMILES string of the molecule is Cc1cc(=O)n(CC(=O)N2CCN(c3cccnc3)CC2)c2ccccc12. The normalized spacial score (nSPS) is 14.6. The van der Waals surface area contributed by atoms with E-state index in [1.807, 2.05) is 54.4 Å². The summed E-state index contributed by atoms with van der Waals surface area (Å²) in [5, 5.41) is 1.01. The number of pyridine rings is 2. The average molecular weight is 362 g/mol. The highest BCUT2D eigenvalue weighted by atomic mass is 16.2. The van der Waals surface area contributed by atoms with Gasteiger partial charge in [-0.1, -0.05) is 18.2 Å². The number of amides is 1. The largest absolute Gasteiger partial charge is 0.367 e. The number of fused-ring (bicyclic) bond motifs is 1. The fourth-order valence-corrected chi connectivity index (χ4v) is 3.66. The Morgan fingerprint density at radius 1 is 1.07 bits per heavy atom. The van der Waals surface area contributed by atoms with E-state index in [0.717, 1.165) is 35.2 Å². The van der Waals surface area contributed by atoms with Crippen LogP contribution in [0.4, 0.5) is 5.69 Å². The minimum absolute atomic E-state index is 0.0167. The third-order valence-electron chi connectivity index (χ3n) is 5.16. The first-order valence-corrected chi connectivity index (χ1v) is 9.15. The van der Waals surface area contributed by atoms with Crippen LogP contribution in [-0.4, -0.2) is 46.5 Å². The van der Waals surface area contributed by atoms with Gasteiger partial charge in [-0.15, -0.1) is 0 Å². The molecular formula is C21H22N4O2. The Hall–Kier alpha value is -3.15. The zero-order chi connectivity index (χ0) is 18.8. The van der Waals surface area contributed by atoms with Crippen LogP contribution < -0.4 is 10.5 Å². The second-order valence-corrected chi connectivity index (χ2v) is 6.85. The van der Waals surface area contributed by atoms with Gasteiger partial charge in [0.25, 0.3) is 5.56 Å². The number of aryl methyl sites for hydroxylation is 1. The molecule has 2 aromatic heterocycles. The summed E-state index contributed by atoms with van der Waals surface area (Å²) in [5.41, 5.74) is 2.69. The Kier molecular flexibility index (Phi) is 4.62. The second kappa shape index (κ2) is 7.23. The van der Waals surface area contributed by atoms with Crippen LogP contribution in [-0.2, 0) is 11.3 Å². The van der Waals surface area contributed by atoms with Crippen molar-refractivity contribution in [1.82, 2.24) is 14.5 Å². The summed E-state index contributed by atoms with van der Waals surface area (Å²) in [4.78, 5) is 33.5. The fourth-order valence-electron chi connectivity index (χ4n) is 3.66. The molecule has 6 heteroatoms. The Balaban J connectivity index is 1.49. The molecule has 0 aliphatic carbocycles. The molecule has 1 fully saturated rings. The first kappa shape index (κ1) is 17.3. The smallest absolute Gasteiger partial charge is 0.251 e. The van der Waals surface area contributed by atoms with Crippen LogP contribution in [0.25, 0.3) is 10.9 Å². The molecule has 6 nitrogen and oxygen atoms in total. The minimum Gasteiger partial charge on any atom is -0.367 e. The van der Waals surface area contributed by atoms with Crippen LogP contribution in [0.2, 0.25) is 0 Å². The summed E-state index contributed by atoms with van der Waals surface area (Å²) >= 11 is 0. The van der Waals surface area contributed by atoms with Gasteiger partial charge in [0.1, 0.15) is 6.54 Å². The zero-order valence-electron chi connectivity index (χ0n) is 15.3. The van der Waals surface area contributed by atoms with Crippen LogP contribution in [0.5, 0.6) is 0 Å². The van der Waals surface area contributed by atoms with Gasteiger partial charge in [-0.05, 0) is 30.7 Å². The number of carbonyl (C=O) groups is 1. The minimum atomic E-state index is -0.131. The summed E-state index contributed by atoms with van der Waals surface area (Å²) in [6, 6.07) is 13.3. The number of hydrogen-bond acceptors (Lipinski definition) is 4. The van der Waals surface area contributed by atoms with Crippen molar-refractivity contribution in [2.45, 2.75) is 13.5 Å². The Morgan fingerprint density at radius 3 is 2.59 bits per heavy atom. The molecular weight excluding hydrogens is 340 g/mol. The van der Waals surface area contributed by atoms with Crippen molar-refractivity contribution >= 4 is 22.5 Å². The molecule has 0 atom stereocenters. The number of anilines is 1. The van der Waals surface area contributed by atoms with Crippen molar-refractivity contribution in [2.24, 2.45) is 0 Å². The molecule has 0 spiro atoms. The summed E-state index contributed by atoms with van der Waals surface area (Å²) in [7, 11) is 0. The number of carbonyl (C=O) groups excluding carboxylic acids is 1. The van der Waals surface area contributed by atoms with E-state index in [2.05, 4.69) is 9.88 Å². The molecule has 1 aliphatic rings.